The van der Waals surface area contributed by atoms with Crippen LogP contribution in [0, 0.1) is 6.92 Å². The highest BCUT2D eigenvalue weighted by atomic mass is 19.4. The van der Waals surface area contributed by atoms with E-state index in [1.807, 2.05) is 6.92 Å². The molecule has 0 radical (unpaired) electrons. The maximum absolute atomic E-state index is 12.7. The first-order valence-electron chi connectivity index (χ1n) is 8.10. The fraction of sp³-hybridized carbons (Fsp3) is 0.333. The predicted octanol–water partition coefficient (Wildman–Crippen LogP) is 4.01. The topological polar surface area (TPSA) is 54.5 Å². The molecule has 1 aromatic heterocycles. The minimum Gasteiger partial charge on any atom is -0.370 e. The number of hydrogen-bond donors (Lipinski definition) is 1. The molecule has 1 fully saturated rings. The Morgan fingerprint density at radius 2 is 2.00 bits per heavy atom. The number of amides is 2. The van der Waals surface area contributed by atoms with Gasteiger partial charge in [-0.2, -0.15) is 13.2 Å². The molecule has 0 saturated carbocycles. The van der Waals surface area contributed by atoms with Gasteiger partial charge in [0.25, 0.3) is 0 Å². The van der Waals surface area contributed by atoms with Gasteiger partial charge in [-0.25, -0.2) is 4.79 Å². The van der Waals surface area contributed by atoms with Crippen LogP contribution < -0.4 is 5.32 Å². The maximum atomic E-state index is 12.7. The third-order valence-electron chi connectivity index (χ3n) is 4.11. The summed E-state index contributed by atoms with van der Waals surface area (Å²) >= 11 is 0. The third-order valence-corrected chi connectivity index (χ3v) is 4.11. The van der Waals surface area contributed by atoms with Crippen molar-refractivity contribution in [1.82, 2.24) is 9.88 Å². The molecule has 26 heavy (non-hydrogen) atoms. The number of nitrogens with one attached hydrogen (secondary N) is 1. The molecular formula is C18H18F3N3O2. The van der Waals surface area contributed by atoms with Crippen LogP contribution in [-0.4, -0.2) is 35.6 Å². The van der Waals surface area contributed by atoms with Crippen LogP contribution in [0.3, 0.4) is 0 Å². The molecule has 1 aliphatic rings. The molecule has 3 rings (SSSR count). The minimum absolute atomic E-state index is 0.265. The molecule has 1 unspecified atom stereocenters. The Kier molecular flexibility index (Phi) is 5.13. The first kappa shape index (κ1) is 18.2. The second-order valence-corrected chi connectivity index (χ2v) is 6.04. The van der Waals surface area contributed by atoms with Gasteiger partial charge >= 0.3 is 12.2 Å². The van der Waals surface area contributed by atoms with E-state index >= 15 is 0 Å². The molecule has 0 aliphatic carbocycles. The van der Waals surface area contributed by atoms with Gasteiger partial charge in [-0.3, -0.25) is 4.98 Å². The predicted molar refractivity (Wildman–Crippen MR) is 89.7 cm³/mol. The van der Waals surface area contributed by atoms with Gasteiger partial charge in [0.05, 0.1) is 18.7 Å². The quantitative estimate of drug-likeness (QED) is 0.875. The zero-order valence-electron chi connectivity index (χ0n) is 14.1. The Balaban J connectivity index is 1.66. The standard InChI is InChI=1S/C18H18F3N3O2/c1-12-10-15(6-7-22-12)23-17(25)24-8-9-26-16(11-24)13-2-4-14(5-3-13)18(19,20)21/h2-7,10,16H,8-9,11H2,1H3,(H,22,23,25). The largest absolute Gasteiger partial charge is 0.416 e. The number of carbonyl (C=O) groups excluding carboxylic acids is 1. The van der Waals surface area contributed by atoms with E-state index in [-0.39, 0.29) is 12.6 Å². The molecule has 1 saturated heterocycles. The number of urea groups is 1. The summed E-state index contributed by atoms with van der Waals surface area (Å²) < 4.78 is 43.6. The van der Waals surface area contributed by atoms with Gasteiger partial charge in [-0.15, -0.1) is 0 Å². The summed E-state index contributed by atoms with van der Waals surface area (Å²) in [5.74, 6) is 0. The zero-order valence-corrected chi connectivity index (χ0v) is 14.1. The Morgan fingerprint density at radius 1 is 1.27 bits per heavy atom. The monoisotopic (exact) mass is 365 g/mol. The van der Waals surface area contributed by atoms with Crippen molar-refractivity contribution >= 4 is 11.7 Å². The summed E-state index contributed by atoms with van der Waals surface area (Å²) in [6.07, 6.45) is -3.23. The number of alkyl halides is 3. The lowest BCUT2D eigenvalue weighted by atomic mass is 10.1. The van der Waals surface area contributed by atoms with E-state index in [9.17, 15) is 18.0 Å². The average Bonchev–Trinajstić information content (AvgIpc) is 2.61. The summed E-state index contributed by atoms with van der Waals surface area (Å²) in [4.78, 5) is 18.1. The summed E-state index contributed by atoms with van der Waals surface area (Å²) in [6.45, 7) is 2.81. The Hall–Kier alpha value is -2.61. The summed E-state index contributed by atoms with van der Waals surface area (Å²) in [7, 11) is 0. The number of halogens is 3. The van der Waals surface area contributed by atoms with Crippen LogP contribution in [0.2, 0.25) is 0 Å². The number of aryl methyl sites for hydroxylation is 1. The van der Waals surface area contributed by atoms with Crippen LogP contribution in [-0.2, 0) is 10.9 Å². The number of hydrogen-bond acceptors (Lipinski definition) is 3. The number of rotatable bonds is 2. The van der Waals surface area contributed by atoms with E-state index in [0.29, 0.717) is 24.4 Å². The molecular weight excluding hydrogens is 347 g/mol. The van der Waals surface area contributed by atoms with Gasteiger partial charge in [0.2, 0.25) is 0 Å². The van der Waals surface area contributed by atoms with E-state index in [4.69, 9.17) is 4.74 Å². The smallest absolute Gasteiger partial charge is 0.370 e. The van der Waals surface area contributed by atoms with Crippen LogP contribution in [0.4, 0.5) is 23.7 Å². The van der Waals surface area contributed by atoms with Gasteiger partial charge in [0.1, 0.15) is 6.10 Å². The SMILES string of the molecule is Cc1cc(NC(=O)N2CCOC(c3ccc(C(F)(F)F)cc3)C2)ccn1. The number of morpholine rings is 1. The molecule has 5 nitrogen and oxygen atoms in total. The molecule has 8 heteroatoms. The number of pyridine rings is 1. The Morgan fingerprint density at radius 3 is 2.65 bits per heavy atom. The molecule has 1 aliphatic heterocycles. The Labute approximate surface area is 148 Å². The highest BCUT2D eigenvalue weighted by Crippen LogP contribution is 2.31. The number of carbonyl (C=O) groups is 1. The number of anilines is 1. The van der Waals surface area contributed by atoms with Gasteiger partial charge in [-0.05, 0) is 36.8 Å². The van der Waals surface area contributed by atoms with E-state index in [2.05, 4.69) is 10.3 Å². The van der Waals surface area contributed by atoms with Crippen molar-refractivity contribution in [3.63, 3.8) is 0 Å². The van der Waals surface area contributed by atoms with Crippen LogP contribution in [0.25, 0.3) is 0 Å². The number of benzene rings is 1. The number of ether oxygens (including phenoxy) is 1. The average molecular weight is 365 g/mol. The van der Waals surface area contributed by atoms with Crippen LogP contribution in [0.15, 0.2) is 42.6 Å². The van der Waals surface area contributed by atoms with E-state index < -0.39 is 17.8 Å². The van der Waals surface area contributed by atoms with Crippen molar-refractivity contribution in [3.8, 4) is 0 Å². The first-order valence-corrected chi connectivity index (χ1v) is 8.10. The van der Waals surface area contributed by atoms with Crippen molar-refractivity contribution in [1.29, 1.82) is 0 Å². The molecule has 0 bridgehead atoms. The molecule has 1 N–H and O–H groups in total. The second-order valence-electron chi connectivity index (χ2n) is 6.04. The third kappa shape index (κ3) is 4.32. The Bertz CT molecular complexity index is 778. The zero-order chi connectivity index (χ0) is 18.7. The van der Waals surface area contributed by atoms with Crippen molar-refractivity contribution in [3.05, 3.63) is 59.4 Å². The van der Waals surface area contributed by atoms with Gasteiger partial charge < -0.3 is 15.0 Å². The summed E-state index contributed by atoms with van der Waals surface area (Å²) in [5.41, 5.74) is 1.32. The van der Waals surface area contributed by atoms with Crippen molar-refractivity contribution < 1.29 is 22.7 Å². The molecule has 138 valence electrons. The van der Waals surface area contributed by atoms with Gasteiger partial charge in [0, 0.05) is 24.1 Å². The lowest BCUT2D eigenvalue weighted by molar-refractivity contribution is -0.137. The van der Waals surface area contributed by atoms with Gasteiger partial charge in [-0.1, -0.05) is 12.1 Å². The molecule has 0 spiro atoms. The number of nitrogens with zero attached hydrogens (tertiary/aromatic N) is 2. The molecule has 2 aromatic rings. The highest BCUT2D eigenvalue weighted by Gasteiger charge is 2.31. The lowest BCUT2D eigenvalue weighted by Crippen LogP contribution is -2.44. The highest BCUT2D eigenvalue weighted by molar-refractivity contribution is 5.89. The van der Waals surface area contributed by atoms with Crippen LogP contribution >= 0.6 is 0 Å². The summed E-state index contributed by atoms with van der Waals surface area (Å²) in [5, 5.41) is 2.80. The summed E-state index contributed by atoms with van der Waals surface area (Å²) in [6, 6.07) is 8.00. The second kappa shape index (κ2) is 7.33. The van der Waals surface area contributed by atoms with Crippen LogP contribution in [0.5, 0.6) is 0 Å². The molecule has 2 amide bonds. The minimum atomic E-state index is -4.37. The molecule has 2 heterocycles. The fourth-order valence-corrected chi connectivity index (χ4v) is 2.75. The fourth-order valence-electron chi connectivity index (χ4n) is 2.75. The molecule has 1 atom stereocenters. The van der Waals surface area contributed by atoms with E-state index in [1.165, 1.54) is 12.1 Å². The normalized spacial score (nSPS) is 17.8. The maximum Gasteiger partial charge on any atom is 0.416 e. The molecule has 1 aromatic carbocycles. The van der Waals surface area contributed by atoms with E-state index in [1.54, 1.807) is 23.2 Å². The lowest BCUT2D eigenvalue weighted by Gasteiger charge is -2.33. The first-order chi connectivity index (χ1) is 12.3. The van der Waals surface area contributed by atoms with Crippen molar-refractivity contribution in [2.45, 2.75) is 19.2 Å². The van der Waals surface area contributed by atoms with Crippen molar-refractivity contribution in [2.24, 2.45) is 0 Å². The van der Waals surface area contributed by atoms with E-state index in [0.717, 1.165) is 17.8 Å². The van der Waals surface area contributed by atoms with Crippen molar-refractivity contribution in [2.75, 3.05) is 25.0 Å². The number of aromatic nitrogens is 1. The van der Waals surface area contributed by atoms with Crippen LogP contribution in [0.1, 0.15) is 22.9 Å². The van der Waals surface area contributed by atoms with Gasteiger partial charge in [0.15, 0.2) is 0 Å².